The summed E-state index contributed by atoms with van der Waals surface area (Å²) in [6, 6.07) is 10.1. The fraction of sp³-hybridized carbons (Fsp3) is 0.379. The SMILES string of the molecule is O=C(Cc1ccc(Oc2ccnc(NC(=O)C3CC3)c2)nc1)Cc1cc(N2CCC(F)CC2)cc(C(F)(F)F)c1. The highest BCUT2D eigenvalue weighted by molar-refractivity contribution is 5.93. The number of aromatic nitrogens is 2. The molecule has 1 aliphatic heterocycles. The van der Waals surface area contributed by atoms with Crippen molar-refractivity contribution in [3.05, 3.63) is 71.5 Å². The fourth-order valence-electron chi connectivity index (χ4n) is 4.56. The molecule has 1 saturated heterocycles. The molecular formula is C29H28F4N4O3. The van der Waals surface area contributed by atoms with E-state index in [4.69, 9.17) is 4.74 Å². The molecule has 0 atom stereocenters. The minimum Gasteiger partial charge on any atom is -0.439 e. The lowest BCUT2D eigenvalue weighted by Crippen LogP contribution is -2.34. The zero-order chi connectivity index (χ0) is 28.3. The number of carbonyl (C=O) groups excluding carboxylic acids is 2. The third kappa shape index (κ3) is 7.34. The standard InChI is InChI=1S/C29H28F4N4O3/c30-22-6-9-37(10-7-22)23-12-19(11-21(15-23)29(31,32)33)14-24(38)13-18-1-4-27(35-17-18)40-25-5-8-34-26(16-25)36-28(39)20-2-3-20/h1,4-5,8,11-12,15-17,20,22H,2-3,6-7,9-10,13-14H2,(H,34,36,39). The maximum absolute atomic E-state index is 13.6. The molecule has 11 heteroatoms. The van der Waals surface area contributed by atoms with Crippen molar-refractivity contribution in [2.45, 2.75) is 50.9 Å². The van der Waals surface area contributed by atoms with Gasteiger partial charge in [-0.2, -0.15) is 13.2 Å². The van der Waals surface area contributed by atoms with E-state index in [1.165, 1.54) is 12.4 Å². The van der Waals surface area contributed by atoms with Gasteiger partial charge >= 0.3 is 6.18 Å². The number of ketones is 1. The van der Waals surface area contributed by atoms with Gasteiger partial charge in [0.25, 0.3) is 0 Å². The Morgan fingerprint density at radius 3 is 2.38 bits per heavy atom. The van der Waals surface area contributed by atoms with Crippen LogP contribution in [0.1, 0.15) is 42.4 Å². The third-order valence-corrected chi connectivity index (χ3v) is 6.85. The molecule has 2 fully saturated rings. The molecule has 2 aromatic heterocycles. The molecule has 0 unspecified atom stereocenters. The second-order valence-corrected chi connectivity index (χ2v) is 10.2. The quantitative estimate of drug-likeness (QED) is 0.329. The monoisotopic (exact) mass is 556 g/mol. The number of piperidine rings is 1. The van der Waals surface area contributed by atoms with Crippen LogP contribution in [0.2, 0.25) is 0 Å². The van der Waals surface area contributed by atoms with E-state index in [0.29, 0.717) is 35.9 Å². The molecule has 3 heterocycles. The van der Waals surface area contributed by atoms with Gasteiger partial charge in [0.05, 0.1) is 5.56 Å². The molecule has 210 valence electrons. The number of carbonyl (C=O) groups is 2. The number of Topliss-reactive ketones (excluding diaryl/α,β-unsaturated/α-hetero) is 1. The van der Waals surface area contributed by atoms with Gasteiger partial charge in [-0.15, -0.1) is 0 Å². The Labute approximate surface area is 228 Å². The average molecular weight is 557 g/mol. The van der Waals surface area contributed by atoms with Gasteiger partial charge in [0.15, 0.2) is 0 Å². The first-order chi connectivity index (χ1) is 19.1. The van der Waals surface area contributed by atoms with Gasteiger partial charge in [-0.1, -0.05) is 6.07 Å². The molecule has 5 rings (SSSR count). The number of nitrogens with one attached hydrogen (secondary N) is 1. The van der Waals surface area contributed by atoms with Gasteiger partial charge in [0.2, 0.25) is 11.8 Å². The predicted molar refractivity (Wildman–Crippen MR) is 140 cm³/mol. The number of nitrogens with zero attached hydrogens (tertiary/aromatic N) is 3. The number of halogens is 4. The van der Waals surface area contributed by atoms with Crippen LogP contribution in [0.3, 0.4) is 0 Å². The number of pyridine rings is 2. The maximum atomic E-state index is 13.6. The fourth-order valence-corrected chi connectivity index (χ4v) is 4.56. The summed E-state index contributed by atoms with van der Waals surface area (Å²) in [4.78, 5) is 34.8. The number of alkyl halides is 4. The summed E-state index contributed by atoms with van der Waals surface area (Å²) in [6.07, 6.45) is -0.451. The minimum absolute atomic E-state index is 0.0152. The van der Waals surface area contributed by atoms with Crippen LogP contribution >= 0.6 is 0 Å². The Morgan fingerprint density at radius 2 is 1.70 bits per heavy atom. The van der Waals surface area contributed by atoms with Gasteiger partial charge in [0.1, 0.15) is 23.5 Å². The van der Waals surface area contributed by atoms with E-state index in [1.54, 1.807) is 35.2 Å². The predicted octanol–water partition coefficient (Wildman–Crippen LogP) is 5.93. The molecule has 1 saturated carbocycles. The van der Waals surface area contributed by atoms with E-state index in [2.05, 4.69) is 15.3 Å². The Hall–Kier alpha value is -4.02. The lowest BCUT2D eigenvalue weighted by atomic mass is 9.99. The first-order valence-corrected chi connectivity index (χ1v) is 13.1. The molecule has 40 heavy (non-hydrogen) atoms. The van der Waals surface area contributed by atoms with E-state index >= 15 is 0 Å². The van der Waals surface area contributed by atoms with Crippen molar-refractivity contribution < 1.29 is 31.9 Å². The van der Waals surface area contributed by atoms with Crippen LogP contribution in [-0.2, 0) is 28.6 Å². The summed E-state index contributed by atoms with van der Waals surface area (Å²) in [5, 5.41) is 2.75. The van der Waals surface area contributed by atoms with E-state index in [9.17, 15) is 27.2 Å². The number of hydrogen-bond acceptors (Lipinski definition) is 6. The molecule has 2 aliphatic rings. The maximum Gasteiger partial charge on any atom is 0.416 e. The van der Waals surface area contributed by atoms with Crippen LogP contribution in [0.5, 0.6) is 11.6 Å². The summed E-state index contributed by atoms with van der Waals surface area (Å²) < 4.78 is 60.0. The van der Waals surface area contributed by atoms with E-state index < -0.39 is 17.9 Å². The lowest BCUT2D eigenvalue weighted by Gasteiger charge is -2.31. The molecule has 0 radical (unpaired) electrons. The zero-order valence-corrected chi connectivity index (χ0v) is 21.6. The average Bonchev–Trinajstić information content (AvgIpc) is 3.76. The number of benzene rings is 1. The molecule has 1 aromatic carbocycles. The number of amides is 1. The molecule has 3 aromatic rings. The second kappa shape index (κ2) is 11.6. The van der Waals surface area contributed by atoms with Crippen molar-refractivity contribution in [1.29, 1.82) is 0 Å². The van der Waals surface area contributed by atoms with Gasteiger partial charge < -0.3 is 15.0 Å². The smallest absolute Gasteiger partial charge is 0.416 e. The number of ether oxygens (including phenoxy) is 1. The van der Waals surface area contributed by atoms with Crippen molar-refractivity contribution in [3.8, 4) is 11.6 Å². The van der Waals surface area contributed by atoms with Crippen molar-refractivity contribution in [3.63, 3.8) is 0 Å². The highest BCUT2D eigenvalue weighted by Crippen LogP contribution is 2.34. The Bertz CT molecular complexity index is 1370. The molecular weight excluding hydrogens is 528 g/mol. The summed E-state index contributed by atoms with van der Waals surface area (Å²) in [7, 11) is 0. The van der Waals surface area contributed by atoms with Crippen molar-refractivity contribution in [1.82, 2.24) is 9.97 Å². The lowest BCUT2D eigenvalue weighted by molar-refractivity contribution is -0.137. The van der Waals surface area contributed by atoms with E-state index in [0.717, 1.165) is 25.0 Å². The number of anilines is 2. The number of rotatable bonds is 9. The van der Waals surface area contributed by atoms with E-state index in [-0.39, 0.29) is 54.7 Å². The summed E-state index contributed by atoms with van der Waals surface area (Å²) in [5.41, 5.74) is 0.359. The van der Waals surface area contributed by atoms with Crippen LogP contribution in [0.4, 0.5) is 29.1 Å². The van der Waals surface area contributed by atoms with Crippen LogP contribution in [-0.4, -0.2) is 40.9 Å². The molecule has 1 amide bonds. The van der Waals surface area contributed by atoms with Crippen molar-refractivity contribution in [2.75, 3.05) is 23.3 Å². The van der Waals surface area contributed by atoms with Gasteiger partial charge in [-0.3, -0.25) is 9.59 Å². The Kier molecular flexibility index (Phi) is 7.99. The van der Waals surface area contributed by atoms with Crippen LogP contribution < -0.4 is 15.0 Å². The normalized spacial score (nSPS) is 16.1. The molecule has 7 nitrogen and oxygen atoms in total. The van der Waals surface area contributed by atoms with Gasteiger partial charge in [-0.25, -0.2) is 14.4 Å². The summed E-state index contributed by atoms with van der Waals surface area (Å²) in [5.74, 6) is 0.767. The number of hydrogen-bond donors (Lipinski definition) is 1. The molecule has 1 aliphatic carbocycles. The molecule has 0 bridgehead atoms. The Morgan fingerprint density at radius 1 is 0.950 bits per heavy atom. The van der Waals surface area contributed by atoms with Gasteiger partial charge in [-0.05, 0) is 61.1 Å². The topological polar surface area (TPSA) is 84.4 Å². The molecule has 1 N–H and O–H groups in total. The van der Waals surface area contributed by atoms with Crippen LogP contribution in [0.25, 0.3) is 0 Å². The van der Waals surface area contributed by atoms with E-state index in [1.807, 2.05) is 0 Å². The van der Waals surface area contributed by atoms with Crippen LogP contribution in [0, 0.1) is 5.92 Å². The third-order valence-electron chi connectivity index (χ3n) is 6.85. The summed E-state index contributed by atoms with van der Waals surface area (Å²) in [6.45, 7) is 0.651. The largest absolute Gasteiger partial charge is 0.439 e. The second-order valence-electron chi connectivity index (χ2n) is 10.2. The highest BCUT2D eigenvalue weighted by atomic mass is 19.4. The van der Waals surface area contributed by atoms with Crippen molar-refractivity contribution >= 4 is 23.2 Å². The minimum atomic E-state index is -4.57. The Balaban J connectivity index is 1.21. The zero-order valence-electron chi connectivity index (χ0n) is 21.6. The van der Waals surface area contributed by atoms with Gasteiger partial charge in [0, 0.05) is 62.1 Å². The first-order valence-electron chi connectivity index (χ1n) is 13.1. The van der Waals surface area contributed by atoms with Crippen molar-refractivity contribution in [2.24, 2.45) is 5.92 Å². The molecule has 0 spiro atoms. The first kappa shape index (κ1) is 27.5. The highest BCUT2D eigenvalue weighted by Gasteiger charge is 2.32. The summed E-state index contributed by atoms with van der Waals surface area (Å²) >= 11 is 0. The van der Waals surface area contributed by atoms with Crippen LogP contribution in [0.15, 0.2) is 54.9 Å².